The van der Waals surface area contributed by atoms with Crippen LogP contribution in [0.3, 0.4) is 0 Å². The third kappa shape index (κ3) is 3.13. The Morgan fingerprint density at radius 1 is 1.36 bits per heavy atom. The van der Waals surface area contributed by atoms with Crippen LogP contribution >= 0.6 is 0 Å². The maximum Gasteiger partial charge on any atom is 0.325 e. The molecular formula is C13H18N6O3. The average molecular weight is 306 g/mol. The van der Waals surface area contributed by atoms with Gasteiger partial charge in [0, 0.05) is 18.3 Å². The van der Waals surface area contributed by atoms with Crippen molar-refractivity contribution >= 4 is 17.8 Å². The predicted molar refractivity (Wildman–Crippen MR) is 77.4 cm³/mol. The van der Waals surface area contributed by atoms with Crippen molar-refractivity contribution in [3.63, 3.8) is 0 Å². The molecule has 2 aromatic heterocycles. The van der Waals surface area contributed by atoms with Gasteiger partial charge in [-0.15, -0.1) is 5.10 Å². The zero-order valence-electron chi connectivity index (χ0n) is 12.9. The largest absolute Gasteiger partial charge is 0.480 e. The third-order valence-electron chi connectivity index (χ3n) is 3.46. The molecule has 22 heavy (non-hydrogen) atoms. The SMILES string of the molecule is Cc1nn(C)c(C)c1C(C)C(=O)Nc1ncn(CC(=O)O)n1. The second-order valence-corrected chi connectivity index (χ2v) is 5.08. The number of anilines is 1. The van der Waals surface area contributed by atoms with E-state index in [1.165, 1.54) is 6.33 Å². The molecule has 118 valence electrons. The molecule has 0 radical (unpaired) electrons. The first-order chi connectivity index (χ1) is 10.3. The molecule has 0 saturated carbocycles. The highest BCUT2D eigenvalue weighted by Crippen LogP contribution is 2.23. The Balaban J connectivity index is 2.11. The number of rotatable bonds is 5. The minimum absolute atomic E-state index is 0.0808. The van der Waals surface area contributed by atoms with E-state index in [0.29, 0.717) is 0 Å². The van der Waals surface area contributed by atoms with E-state index in [1.807, 2.05) is 20.9 Å². The zero-order chi connectivity index (χ0) is 16.4. The van der Waals surface area contributed by atoms with E-state index in [1.54, 1.807) is 11.6 Å². The molecule has 0 aliphatic heterocycles. The number of carbonyl (C=O) groups excluding carboxylic acids is 1. The van der Waals surface area contributed by atoms with Crippen molar-refractivity contribution in [1.82, 2.24) is 24.5 Å². The van der Waals surface area contributed by atoms with E-state index >= 15 is 0 Å². The topological polar surface area (TPSA) is 115 Å². The summed E-state index contributed by atoms with van der Waals surface area (Å²) in [7, 11) is 1.82. The second-order valence-electron chi connectivity index (χ2n) is 5.08. The fourth-order valence-corrected chi connectivity index (χ4v) is 2.33. The minimum atomic E-state index is -1.03. The van der Waals surface area contributed by atoms with Gasteiger partial charge in [0.15, 0.2) is 0 Å². The highest BCUT2D eigenvalue weighted by Gasteiger charge is 2.23. The lowest BCUT2D eigenvalue weighted by Crippen LogP contribution is -2.21. The lowest BCUT2D eigenvalue weighted by atomic mass is 9.98. The Morgan fingerprint density at radius 3 is 2.59 bits per heavy atom. The van der Waals surface area contributed by atoms with Crippen LogP contribution < -0.4 is 5.32 Å². The molecule has 1 amide bonds. The molecule has 2 rings (SSSR count). The normalized spacial score (nSPS) is 12.2. The van der Waals surface area contributed by atoms with Crippen molar-refractivity contribution in [1.29, 1.82) is 0 Å². The van der Waals surface area contributed by atoms with Crippen LogP contribution in [0, 0.1) is 13.8 Å². The third-order valence-corrected chi connectivity index (χ3v) is 3.46. The standard InChI is InChI=1S/C13H18N6O3/c1-7(11-8(2)16-18(4)9(11)3)12(22)15-13-14-6-19(17-13)5-10(20)21/h6-7H,5H2,1-4H3,(H,20,21)(H,15,17,22). The molecule has 2 N–H and O–H groups in total. The number of aryl methyl sites for hydroxylation is 2. The number of carboxylic acids is 1. The average Bonchev–Trinajstić information content (AvgIpc) is 2.94. The number of carbonyl (C=O) groups is 2. The fourth-order valence-electron chi connectivity index (χ4n) is 2.33. The van der Waals surface area contributed by atoms with Crippen LogP contribution in [-0.4, -0.2) is 41.5 Å². The van der Waals surface area contributed by atoms with Crippen molar-refractivity contribution in [2.75, 3.05) is 5.32 Å². The quantitative estimate of drug-likeness (QED) is 0.829. The molecule has 0 aromatic carbocycles. The smallest absolute Gasteiger partial charge is 0.325 e. The lowest BCUT2D eigenvalue weighted by Gasteiger charge is -2.11. The van der Waals surface area contributed by atoms with Crippen LogP contribution in [-0.2, 0) is 23.2 Å². The number of aliphatic carboxylic acids is 1. The summed E-state index contributed by atoms with van der Waals surface area (Å²) < 4.78 is 2.87. The number of nitrogens with one attached hydrogen (secondary N) is 1. The van der Waals surface area contributed by atoms with Gasteiger partial charge in [-0.1, -0.05) is 0 Å². The summed E-state index contributed by atoms with van der Waals surface area (Å²) in [6, 6.07) is 0. The van der Waals surface area contributed by atoms with Crippen molar-refractivity contribution < 1.29 is 14.7 Å². The van der Waals surface area contributed by atoms with Crippen LogP contribution in [0.25, 0.3) is 0 Å². The molecular weight excluding hydrogens is 288 g/mol. The van der Waals surface area contributed by atoms with E-state index in [-0.39, 0.29) is 18.4 Å². The molecule has 0 bridgehead atoms. The number of carboxylic acid groups (broad SMARTS) is 1. The number of hydrogen-bond acceptors (Lipinski definition) is 5. The van der Waals surface area contributed by atoms with Crippen molar-refractivity contribution in [3.8, 4) is 0 Å². The van der Waals surface area contributed by atoms with Gasteiger partial charge in [-0.3, -0.25) is 19.6 Å². The molecule has 0 spiro atoms. The summed E-state index contributed by atoms with van der Waals surface area (Å²) in [6.07, 6.45) is 1.26. The fraction of sp³-hybridized carbons (Fsp3) is 0.462. The summed E-state index contributed by atoms with van der Waals surface area (Å²) in [5.41, 5.74) is 2.58. The molecule has 0 saturated heterocycles. The molecule has 1 atom stereocenters. The highest BCUT2D eigenvalue weighted by molar-refractivity contribution is 5.94. The Bertz CT molecular complexity index is 717. The van der Waals surface area contributed by atoms with E-state index in [9.17, 15) is 9.59 Å². The molecule has 9 nitrogen and oxygen atoms in total. The first-order valence-electron chi connectivity index (χ1n) is 6.71. The summed E-state index contributed by atoms with van der Waals surface area (Å²) in [4.78, 5) is 26.8. The number of amides is 1. The highest BCUT2D eigenvalue weighted by atomic mass is 16.4. The van der Waals surface area contributed by atoms with E-state index < -0.39 is 11.9 Å². The van der Waals surface area contributed by atoms with Crippen LogP contribution in [0.2, 0.25) is 0 Å². The van der Waals surface area contributed by atoms with Gasteiger partial charge < -0.3 is 5.11 Å². The van der Waals surface area contributed by atoms with Crippen molar-refractivity contribution in [2.24, 2.45) is 7.05 Å². The van der Waals surface area contributed by atoms with Crippen LogP contribution in [0.1, 0.15) is 29.8 Å². The summed E-state index contributed by atoms with van der Waals surface area (Å²) in [5.74, 6) is -1.64. The maximum absolute atomic E-state index is 12.3. The van der Waals surface area contributed by atoms with Gasteiger partial charge in [-0.2, -0.15) is 5.10 Å². The Hall–Kier alpha value is -2.71. The van der Waals surface area contributed by atoms with Crippen molar-refractivity contribution in [2.45, 2.75) is 33.2 Å². The van der Waals surface area contributed by atoms with Crippen LogP contribution in [0.15, 0.2) is 6.33 Å². The molecule has 2 aromatic rings. The van der Waals surface area contributed by atoms with Crippen LogP contribution in [0.4, 0.5) is 5.95 Å². The van der Waals surface area contributed by atoms with Gasteiger partial charge in [0.2, 0.25) is 11.9 Å². The van der Waals surface area contributed by atoms with Gasteiger partial charge >= 0.3 is 5.97 Å². The van der Waals surface area contributed by atoms with Gasteiger partial charge in [-0.05, 0) is 20.8 Å². The zero-order valence-corrected chi connectivity index (χ0v) is 12.9. The van der Waals surface area contributed by atoms with E-state index in [4.69, 9.17) is 5.11 Å². The Labute approximate surface area is 127 Å². The van der Waals surface area contributed by atoms with Gasteiger partial charge in [0.1, 0.15) is 12.9 Å². The summed E-state index contributed by atoms with van der Waals surface area (Å²) in [6.45, 7) is 5.23. The number of nitrogens with zero attached hydrogens (tertiary/aromatic N) is 5. The minimum Gasteiger partial charge on any atom is -0.480 e. The van der Waals surface area contributed by atoms with E-state index in [2.05, 4.69) is 20.5 Å². The molecule has 0 fully saturated rings. The predicted octanol–water partition coefficient (Wildman–Crippen LogP) is 0.455. The van der Waals surface area contributed by atoms with Crippen LogP contribution in [0.5, 0.6) is 0 Å². The molecule has 9 heteroatoms. The lowest BCUT2D eigenvalue weighted by molar-refractivity contribution is -0.137. The molecule has 1 unspecified atom stereocenters. The van der Waals surface area contributed by atoms with E-state index in [0.717, 1.165) is 21.6 Å². The van der Waals surface area contributed by atoms with Gasteiger partial charge in [-0.25, -0.2) is 9.67 Å². The number of aromatic nitrogens is 5. The van der Waals surface area contributed by atoms with Crippen molar-refractivity contribution in [3.05, 3.63) is 23.3 Å². The summed E-state index contributed by atoms with van der Waals surface area (Å²) in [5, 5.41) is 19.4. The van der Waals surface area contributed by atoms with Gasteiger partial charge in [0.05, 0.1) is 11.6 Å². The Morgan fingerprint density at radius 2 is 2.05 bits per heavy atom. The van der Waals surface area contributed by atoms with Gasteiger partial charge in [0.25, 0.3) is 0 Å². The summed E-state index contributed by atoms with van der Waals surface area (Å²) >= 11 is 0. The first-order valence-corrected chi connectivity index (χ1v) is 6.71. The monoisotopic (exact) mass is 306 g/mol. The number of hydrogen-bond donors (Lipinski definition) is 2. The second kappa shape index (κ2) is 5.96. The molecule has 2 heterocycles. The molecule has 0 aliphatic rings. The maximum atomic E-state index is 12.3. The molecule has 0 aliphatic carbocycles. The first kappa shape index (κ1) is 15.7. The Kier molecular flexibility index (Phi) is 4.25.